The monoisotopic (exact) mass is 343 g/mol. The number of nitrogens with zero attached hydrogens (tertiary/aromatic N) is 7. The number of hydrogen-bond acceptors (Lipinski definition) is 7. The maximum Gasteiger partial charge on any atom is 0.280 e. The Bertz CT molecular complexity index is 943. The molecule has 3 aromatic heterocycles. The van der Waals surface area contributed by atoms with E-state index in [0.29, 0.717) is 35.6 Å². The highest BCUT2D eigenvalue weighted by Crippen LogP contribution is 2.08. The number of morpholine rings is 1. The van der Waals surface area contributed by atoms with E-state index in [1.807, 2.05) is 13.0 Å². The van der Waals surface area contributed by atoms with Gasteiger partial charge in [0.25, 0.3) is 11.3 Å². The van der Waals surface area contributed by atoms with Crippen LogP contribution in [-0.4, -0.2) is 67.1 Å². The van der Waals surface area contributed by atoms with Gasteiger partial charge in [-0.25, -0.2) is 0 Å². The molecule has 0 bridgehead atoms. The number of aryl methyl sites for hydroxylation is 2. The summed E-state index contributed by atoms with van der Waals surface area (Å²) in [7, 11) is 0. The molecule has 25 heavy (non-hydrogen) atoms. The third-order valence-electron chi connectivity index (χ3n) is 4.51. The van der Waals surface area contributed by atoms with E-state index >= 15 is 0 Å². The summed E-state index contributed by atoms with van der Waals surface area (Å²) in [5.74, 6) is 1.12. The Morgan fingerprint density at radius 1 is 1.20 bits per heavy atom. The van der Waals surface area contributed by atoms with E-state index in [0.717, 1.165) is 39.3 Å². The molecule has 1 saturated heterocycles. The van der Waals surface area contributed by atoms with Crippen molar-refractivity contribution in [3.05, 3.63) is 28.4 Å². The van der Waals surface area contributed by atoms with Crippen LogP contribution in [0.2, 0.25) is 0 Å². The van der Waals surface area contributed by atoms with Crippen molar-refractivity contribution in [2.24, 2.45) is 0 Å². The van der Waals surface area contributed by atoms with Crippen LogP contribution in [0.1, 0.15) is 19.2 Å². The lowest BCUT2D eigenvalue weighted by Gasteiger charge is -2.26. The first-order valence-corrected chi connectivity index (χ1v) is 8.68. The van der Waals surface area contributed by atoms with E-state index in [9.17, 15) is 4.79 Å². The minimum atomic E-state index is -0.137. The molecule has 3 aromatic rings. The van der Waals surface area contributed by atoms with Crippen LogP contribution in [0.25, 0.3) is 16.8 Å². The third kappa shape index (κ3) is 3.12. The largest absolute Gasteiger partial charge is 0.379 e. The van der Waals surface area contributed by atoms with Gasteiger partial charge in [-0.1, -0.05) is 6.92 Å². The molecule has 1 aliphatic heterocycles. The van der Waals surface area contributed by atoms with Crippen molar-refractivity contribution in [1.82, 2.24) is 34.3 Å². The molecule has 0 saturated carbocycles. The second kappa shape index (κ2) is 6.85. The topological polar surface area (TPSA) is 90.4 Å². The first kappa shape index (κ1) is 16.1. The van der Waals surface area contributed by atoms with Crippen LogP contribution in [-0.2, 0) is 17.7 Å². The second-order valence-electron chi connectivity index (χ2n) is 6.15. The van der Waals surface area contributed by atoms with E-state index in [1.54, 1.807) is 15.3 Å². The Morgan fingerprint density at radius 3 is 2.84 bits per heavy atom. The van der Waals surface area contributed by atoms with Gasteiger partial charge in [-0.15, -0.1) is 15.3 Å². The van der Waals surface area contributed by atoms with Crippen molar-refractivity contribution in [3.63, 3.8) is 0 Å². The van der Waals surface area contributed by atoms with Crippen molar-refractivity contribution >= 4 is 16.8 Å². The van der Waals surface area contributed by atoms with Crippen LogP contribution >= 0.6 is 0 Å². The van der Waals surface area contributed by atoms with E-state index in [4.69, 9.17) is 4.74 Å². The molecule has 0 atom stereocenters. The van der Waals surface area contributed by atoms with Crippen LogP contribution in [0.15, 0.2) is 17.1 Å². The molecule has 4 heterocycles. The Hall–Kier alpha value is -2.39. The van der Waals surface area contributed by atoms with Crippen molar-refractivity contribution in [2.75, 3.05) is 32.8 Å². The van der Waals surface area contributed by atoms with Gasteiger partial charge >= 0.3 is 0 Å². The highest BCUT2D eigenvalue weighted by Gasteiger charge is 2.13. The Balaban J connectivity index is 1.57. The van der Waals surface area contributed by atoms with Crippen molar-refractivity contribution < 1.29 is 4.74 Å². The predicted octanol–water partition coefficient (Wildman–Crippen LogP) is 0.119. The van der Waals surface area contributed by atoms with Crippen LogP contribution in [0.4, 0.5) is 0 Å². The van der Waals surface area contributed by atoms with Crippen LogP contribution < -0.4 is 5.56 Å². The zero-order chi connectivity index (χ0) is 17.2. The lowest BCUT2D eigenvalue weighted by Crippen LogP contribution is -2.37. The average molecular weight is 343 g/mol. The molecule has 0 radical (unpaired) electrons. The summed E-state index contributed by atoms with van der Waals surface area (Å²) in [6.07, 6.45) is 3.42. The van der Waals surface area contributed by atoms with Crippen molar-refractivity contribution in [2.45, 2.75) is 26.3 Å². The predicted molar refractivity (Wildman–Crippen MR) is 91.6 cm³/mol. The molecule has 9 nitrogen and oxygen atoms in total. The number of pyridine rings is 1. The molecule has 0 spiro atoms. The van der Waals surface area contributed by atoms with Crippen LogP contribution in [0.5, 0.6) is 0 Å². The summed E-state index contributed by atoms with van der Waals surface area (Å²) in [4.78, 5) is 19.3. The maximum atomic E-state index is 12.7. The molecule has 0 aliphatic carbocycles. The summed E-state index contributed by atoms with van der Waals surface area (Å²) < 4.78 is 8.64. The van der Waals surface area contributed by atoms with Crippen LogP contribution in [0, 0.1) is 0 Å². The molecule has 0 aromatic carbocycles. The summed E-state index contributed by atoms with van der Waals surface area (Å²) in [6, 6.07) is 1.86. The molecular weight excluding hydrogens is 322 g/mol. The number of aromatic nitrogens is 6. The van der Waals surface area contributed by atoms with Crippen LogP contribution in [0.3, 0.4) is 0 Å². The average Bonchev–Trinajstić information content (AvgIpc) is 3.08. The first-order chi connectivity index (χ1) is 12.3. The molecular formula is C16H21N7O2. The number of rotatable bonds is 5. The zero-order valence-electron chi connectivity index (χ0n) is 14.3. The minimum Gasteiger partial charge on any atom is -0.379 e. The summed E-state index contributed by atoms with van der Waals surface area (Å²) in [5, 5.41) is 12.5. The fourth-order valence-electron chi connectivity index (χ4n) is 3.10. The number of hydrogen-bond donors (Lipinski definition) is 0. The summed E-state index contributed by atoms with van der Waals surface area (Å²) >= 11 is 0. The van der Waals surface area contributed by atoms with Crippen molar-refractivity contribution in [1.29, 1.82) is 0 Å². The SMILES string of the molecule is CCc1nc2nnc3c(=O)n(CCCN4CCOCC4)ccc3n2n1. The maximum absolute atomic E-state index is 12.7. The highest BCUT2D eigenvalue weighted by molar-refractivity contribution is 5.74. The van der Waals surface area contributed by atoms with Gasteiger partial charge in [-0.05, 0) is 12.5 Å². The fourth-order valence-corrected chi connectivity index (χ4v) is 3.10. The summed E-state index contributed by atoms with van der Waals surface area (Å²) in [5.41, 5.74) is 0.836. The molecule has 1 aliphatic rings. The van der Waals surface area contributed by atoms with Gasteiger partial charge in [0.2, 0.25) is 0 Å². The Labute approximate surface area is 144 Å². The van der Waals surface area contributed by atoms with Gasteiger partial charge in [0, 0.05) is 38.8 Å². The lowest BCUT2D eigenvalue weighted by molar-refractivity contribution is 0.0369. The quantitative estimate of drug-likeness (QED) is 0.650. The van der Waals surface area contributed by atoms with E-state index < -0.39 is 0 Å². The van der Waals surface area contributed by atoms with Gasteiger partial charge < -0.3 is 9.30 Å². The molecule has 1 fully saturated rings. The van der Waals surface area contributed by atoms with Gasteiger partial charge in [-0.3, -0.25) is 9.69 Å². The Kier molecular flexibility index (Phi) is 4.41. The molecule has 0 N–H and O–H groups in total. The van der Waals surface area contributed by atoms with Crippen molar-refractivity contribution in [3.8, 4) is 0 Å². The smallest absolute Gasteiger partial charge is 0.280 e. The number of fused-ring (bicyclic) bond motifs is 3. The van der Waals surface area contributed by atoms with Gasteiger partial charge in [0.15, 0.2) is 11.3 Å². The molecule has 0 amide bonds. The molecule has 132 valence electrons. The van der Waals surface area contributed by atoms with Gasteiger partial charge in [-0.2, -0.15) is 9.50 Å². The first-order valence-electron chi connectivity index (χ1n) is 8.68. The standard InChI is InChI=1S/C16H21N7O2/c1-2-13-17-16-19-18-14-12(23(16)20-13)4-7-22(15(14)24)6-3-5-21-8-10-25-11-9-21/h4,7H,2-3,5-6,8-11H2,1H3. The number of ether oxygens (including phenoxy) is 1. The van der Waals surface area contributed by atoms with E-state index in [-0.39, 0.29) is 5.56 Å². The van der Waals surface area contributed by atoms with E-state index in [2.05, 4.69) is 25.2 Å². The third-order valence-corrected chi connectivity index (χ3v) is 4.51. The summed E-state index contributed by atoms with van der Waals surface area (Å²) in [6.45, 7) is 7.10. The fraction of sp³-hybridized carbons (Fsp3) is 0.562. The van der Waals surface area contributed by atoms with Gasteiger partial charge in [0.05, 0.1) is 13.2 Å². The minimum absolute atomic E-state index is 0.137. The second-order valence-corrected chi connectivity index (χ2v) is 6.15. The normalized spacial score (nSPS) is 16.0. The zero-order valence-corrected chi connectivity index (χ0v) is 14.3. The van der Waals surface area contributed by atoms with Gasteiger partial charge in [0.1, 0.15) is 5.52 Å². The van der Waals surface area contributed by atoms with E-state index in [1.165, 1.54) is 0 Å². The molecule has 9 heteroatoms. The lowest BCUT2D eigenvalue weighted by atomic mass is 10.3. The molecule has 4 rings (SSSR count). The Morgan fingerprint density at radius 2 is 2.04 bits per heavy atom. The molecule has 0 unspecified atom stereocenters. The highest BCUT2D eigenvalue weighted by atomic mass is 16.5.